The van der Waals surface area contributed by atoms with Crippen molar-refractivity contribution in [2.45, 2.75) is 6.92 Å². The molecule has 1 N–H and O–H groups in total. The third kappa shape index (κ3) is 4.74. The van der Waals surface area contributed by atoms with Crippen LogP contribution >= 0.6 is 0 Å². The summed E-state index contributed by atoms with van der Waals surface area (Å²) in [5.41, 5.74) is 2.48. The Hall–Kier alpha value is -3.02. The third-order valence-corrected chi connectivity index (χ3v) is 3.20. The van der Waals surface area contributed by atoms with Gasteiger partial charge in [-0.1, -0.05) is 23.4 Å². The van der Waals surface area contributed by atoms with E-state index in [2.05, 4.69) is 10.5 Å². The van der Waals surface area contributed by atoms with Crippen LogP contribution in [0.1, 0.15) is 11.1 Å². The largest absolute Gasteiger partial charge is 0.493 e. The third-order valence-electron chi connectivity index (χ3n) is 3.20. The van der Waals surface area contributed by atoms with Gasteiger partial charge in [-0.05, 0) is 36.8 Å². The maximum Gasteiger partial charge on any atom is 0.265 e. The zero-order chi connectivity index (χ0) is 17.4. The number of ether oxygens (including phenoxy) is 2. The Morgan fingerprint density at radius 3 is 2.67 bits per heavy atom. The molecule has 126 valence electrons. The van der Waals surface area contributed by atoms with Crippen molar-refractivity contribution in [1.29, 1.82) is 0 Å². The highest BCUT2D eigenvalue weighted by Gasteiger charge is 2.07. The van der Waals surface area contributed by atoms with E-state index in [4.69, 9.17) is 14.3 Å². The van der Waals surface area contributed by atoms with E-state index >= 15 is 0 Å². The molecular formula is C18H20N2O4. The van der Waals surface area contributed by atoms with Crippen molar-refractivity contribution in [1.82, 2.24) is 0 Å². The van der Waals surface area contributed by atoms with E-state index in [0.29, 0.717) is 17.1 Å². The van der Waals surface area contributed by atoms with Gasteiger partial charge < -0.3 is 19.6 Å². The van der Waals surface area contributed by atoms with E-state index in [1.807, 2.05) is 37.3 Å². The first kappa shape index (κ1) is 17.3. The van der Waals surface area contributed by atoms with Crippen molar-refractivity contribution >= 4 is 17.8 Å². The zero-order valence-electron chi connectivity index (χ0n) is 13.9. The molecule has 6 heteroatoms. The fourth-order valence-electron chi connectivity index (χ4n) is 2.12. The zero-order valence-corrected chi connectivity index (χ0v) is 13.9. The van der Waals surface area contributed by atoms with E-state index in [1.165, 1.54) is 6.21 Å². The Labute approximate surface area is 141 Å². The fourth-order valence-corrected chi connectivity index (χ4v) is 2.12. The van der Waals surface area contributed by atoms with Gasteiger partial charge in [-0.2, -0.15) is 0 Å². The number of anilines is 1. The fraction of sp³-hybridized carbons (Fsp3) is 0.222. The van der Waals surface area contributed by atoms with Gasteiger partial charge in [0, 0.05) is 11.3 Å². The molecule has 0 heterocycles. The van der Waals surface area contributed by atoms with Gasteiger partial charge in [0.25, 0.3) is 5.91 Å². The van der Waals surface area contributed by atoms with Gasteiger partial charge in [-0.15, -0.1) is 0 Å². The maximum absolute atomic E-state index is 11.8. The van der Waals surface area contributed by atoms with Crippen LogP contribution in [-0.2, 0) is 9.63 Å². The first-order chi connectivity index (χ1) is 11.6. The number of aryl methyl sites for hydroxylation is 1. The summed E-state index contributed by atoms with van der Waals surface area (Å²) in [4.78, 5) is 16.8. The van der Waals surface area contributed by atoms with Crippen molar-refractivity contribution in [3.8, 4) is 11.5 Å². The molecule has 0 bridgehead atoms. The molecule has 0 unspecified atom stereocenters. The second-order valence-corrected chi connectivity index (χ2v) is 5.01. The lowest BCUT2D eigenvalue weighted by molar-refractivity contribution is -0.120. The molecule has 0 saturated heterocycles. The molecule has 0 aliphatic carbocycles. The molecule has 2 aromatic carbocycles. The average molecular weight is 328 g/mol. The summed E-state index contributed by atoms with van der Waals surface area (Å²) in [7, 11) is 3.11. The number of carbonyl (C=O) groups excluding carboxylic acids is 1. The Bertz CT molecular complexity index is 729. The van der Waals surface area contributed by atoms with Gasteiger partial charge in [0.1, 0.15) is 0 Å². The number of rotatable bonds is 7. The molecule has 0 aliphatic heterocycles. The highest BCUT2D eigenvalue weighted by molar-refractivity contribution is 5.91. The summed E-state index contributed by atoms with van der Waals surface area (Å²) in [6.45, 7) is 1.77. The lowest BCUT2D eigenvalue weighted by Crippen LogP contribution is -2.17. The number of benzene rings is 2. The first-order valence-electron chi connectivity index (χ1n) is 7.37. The van der Waals surface area contributed by atoms with Gasteiger partial charge in [0.15, 0.2) is 18.1 Å². The Kier molecular flexibility index (Phi) is 6.19. The molecule has 0 radical (unpaired) electrons. The molecule has 0 spiro atoms. The molecule has 0 aliphatic rings. The number of hydrogen-bond donors (Lipinski definition) is 1. The summed E-state index contributed by atoms with van der Waals surface area (Å²) in [5.74, 6) is 0.866. The molecule has 6 nitrogen and oxygen atoms in total. The smallest absolute Gasteiger partial charge is 0.265 e. The number of hydrogen-bond acceptors (Lipinski definition) is 5. The number of amides is 1. The number of nitrogens with one attached hydrogen (secondary N) is 1. The van der Waals surface area contributed by atoms with Crippen molar-refractivity contribution in [3.05, 3.63) is 53.6 Å². The number of nitrogens with zero attached hydrogens (tertiary/aromatic N) is 1. The van der Waals surface area contributed by atoms with Crippen LogP contribution in [0.15, 0.2) is 47.6 Å². The van der Waals surface area contributed by atoms with Gasteiger partial charge in [-0.3, -0.25) is 4.79 Å². The summed E-state index contributed by atoms with van der Waals surface area (Å²) in [5, 5.41) is 6.54. The topological polar surface area (TPSA) is 69.2 Å². The number of oxime groups is 1. The van der Waals surface area contributed by atoms with Crippen LogP contribution in [-0.4, -0.2) is 32.9 Å². The number of methoxy groups -OCH3 is 2. The van der Waals surface area contributed by atoms with E-state index in [9.17, 15) is 4.79 Å². The van der Waals surface area contributed by atoms with E-state index in [-0.39, 0.29) is 12.5 Å². The molecule has 0 saturated carbocycles. The monoisotopic (exact) mass is 328 g/mol. The van der Waals surface area contributed by atoms with Crippen LogP contribution in [0.2, 0.25) is 0 Å². The molecule has 2 rings (SSSR count). The van der Waals surface area contributed by atoms with Crippen LogP contribution in [0.5, 0.6) is 11.5 Å². The molecule has 24 heavy (non-hydrogen) atoms. The van der Waals surface area contributed by atoms with Crippen LogP contribution in [0, 0.1) is 6.92 Å². The summed E-state index contributed by atoms with van der Waals surface area (Å²) < 4.78 is 10.5. The second kappa shape index (κ2) is 8.57. The lowest BCUT2D eigenvalue weighted by atomic mass is 10.2. The van der Waals surface area contributed by atoms with Gasteiger partial charge in [0.05, 0.1) is 20.4 Å². The van der Waals surface area contributed by atoms with Crippen LogP contribution < -0.4 is 14.8 Å². The highest BCUT2D eigenvalue weighted by Crippen LogP contribution is 2.29. The maximum atomic E-state index is 11.8. The number of carbonyl (C=O) groups is 1. The van der Waals surface area contributed by atoms with Gasteiger partial charge in [0.2, 0.25) is 0 Å². The molecule has 0 fully saturated rings. The minimum atomic E-state index is -0.282. The summed E-state index contributed by atoms with van der Waals surface area (Å²) in [6.07, 6.45) is 1.47. The Morgan fingerprint density at radius 2 is 1.96 bits per heavy atom. The minimum Gasteiger partial charge on any atom is -0.493 e. The molecule has 1 amide bonds. The van der Waals surface area contributed by atoms with Crippen molar-refractivity contribution in [2.24, 2.45) is 5.16 Å². The van der Waals surface area contributed by atoms with Crippen molar-refractivity contribution in [2.75, 3.05) is 26.1 Å². The molecular weight excluding hydrogens is 308 g/mol. The molecule has 0 atom stereocenters. The predicted octanol–water partition coefficient (Wildman–Crippen LogP) is 3.00. The highest BCUT2D eigenvalue weighted by atomic mass is 16.6. The van der Waals surface area contributed by atoms with E-state index in [1.54, 1.807) is 26.4 Å². The quantitative estimate of drug-likeness (QED) is 0.626. The molecule has 2 aromatic rings. The normalized spacial score (nSPS) is 10.5. The molecule has 0 aromatic heterocycles. The summed E-state index contributed by atoms with van der Waals surface area (Å²) in [6, 6.07) is 12.9. The summed E-state index contributed by atoms with van der Waals surface area (Å²) >= 11 is 0. The van der Waals surface area contributed by atoms with Crippen LogP contribution in [0.25, 0.3) is 0 Å². The van der Waals surface area contributed by atoms with Crippen molar-refractivity contribution in [3.63, 3.8) is 0 Å². The Morgan fingerprint density at radius 1 is 1.17 bits per heavy atom. The standard InChI is InChI=1S/C18H20N2O4/c1-13-6-4-8-15(10-13)20-17(21)12-24-19-11-14-7-5-9-16(22-2)18(14)23-3/h4-11H,12H2,1-3H3,(H,20,21)/b19-11-. The SMILES string of the molecule is COc1cccc(/C=N\OCC(=O)Nc2cccc(C)c2)c1OC. The van der Waals surface area contributed by atoms with Gasteiger partial charge in [-0.25, -0.2) is 0 Å². The first-order valence-corrected chi connectivity index (χ1v) is 7.37. The predicted molar refractivity (Wildman–Crippen MR) is 92.9 cm³/mol. The van der Waals surface area contributed by atoms with Crippen LogP contribution in [0.4, 0.5) is 5.69 Å². The van der Waals surface area contributed by atoms with Crippen LogP contribution in [0.3, 0.4) is 0 Å². The minimum absolute atomic E-state index is 0.184. The van der Waals surface area contributed by atoms with E-state index < -0.39 is 0 Å². The second-order valence-electron chi connectivity index (χ2n) is 5.01. The van der Waals surface area contributed by atoms with Gasteiger partial charge >= 0.3 is 0 Å². The van der Waals surface area contributed by atoms with E-state index in [0.717, 1.165) is 11.3 Å². The average Bonchev–Trinajstić information content (AvgIpc) is 2.58. The lowest BCUT2D eigenvalue weighted by Gasteiger charge is -2.09. The Balaban J connectivity index is 1.90. The van der Waals surface area contributed by atoms with Crippen molar-refractivity contribution < 1.29 is 19.1 Å². The number of para-hydroxylation sites is 1.